The van der Waals surface area contributed by atoms with E-state index in [9.17, 15) is 52.7 Å². The molecule has 14 N–H and O–H groups in total. The maximum atomic E-state index is 13.4. The molecule has 6 fully saturated rings. The third kappa shape index (κ3) is 18.7. The Morgan fingerprint density at radius 1 is 0.458 bits per heavy atom. The molecule has 0 radical (unpaired) electrons. The van der Waals surface area contributed by atoms with Crippen molar-refractivity contribution in [2.45, 2.75) is 206 Å². The molecule has 10 heterocycles. The van der Waals surface area contributed by atoms with Crippen LogP contribution in [0.25, 0.3) is 0 Å². The minimum atomic E-state index is -0.640. The molecule has 7 aromatic rings. The van der Waals surface area contributed by atoms with Crippen LogP contribution >= 0.6 is 44.3 Å². The van der Waals surface area contributed by atoms with Crippen molar-refractivity contribution in [2.24, 2.45) is 17.6 Å². The number of ketones is 1. The summed E-state index contributed by atoms with van der Waals surface area (Å²) < 4.78 is 5.91. The van der Waals surface area contributed by atoms with Crippen molar-refractivity contribution in [2.75, 3.05) is 32.7 Å². The van der Waals surface area contributed by atoms with Gasteiger partial charge in [0.25, 0.3) is 45.9 Å². The highest BCUT2D eigenvalue weighted by Crippen LogP contribution is 2.41. The predicted molar refractivity (Wildman–Crippen MR) is 414 cm³/mol. The fourth-order valence-corrected chi connectivity index (χ4v) is 15.4. The molecule has 3 spiro atoms. The number of halogens is 3. The highest BCUT2D eigenvalue weighted by Gasteiger charge is 2.48. The molecule has 0 unspecified atom stereocenters. The van der Waals surface area contributed by atoms with Gasteiger partial charge in [-0.25, -0.2) is 29.9 Å². The fourth-order valence-electron chi connectivity index (χ4n) is 14.5. The number of carbonyl (C=O) groups is 7. The van der Waals surface area contributed by atoms with Crippen molar-refractivity contribution in [3.05, 3.63) is 157 Å². The lowest BCUT2D eigenvalue weighted by Gasteiger charge is -2.35. The number of hydrogen-bond acceptors (Lipinski definition) is 21. The van der Waals surface area contributed by atoms with Gasteiger partial charge < -0.3 is 59.4 Å². The summed E-state index contributed by atoms with van der Waals surface area (Å²) in [5.74, 6) is 1.98. The van der Waals surface area contributed by atoms with Gasteiger partial charge in [-0.2, -0.15) is 0 Å². The topological polar surface area (TPSA) is 458 Å². The number of aromatic amines is 1. The number of Topliss-reactive ketones (excluding diaryl/α,β-unsaturated/α-hetero) is 1. The maximum Gasteiger partial charge on any atom is 0.276 e. The number of aromatic nitrogens is 10. The van der Waals surface area contributed by atoms with Gasteiger partial charge in [-0.3, -0.25) is 66.4 Å². The molecule has 6 saturated carbocycles. The summed E-state index contributed by atoms with van der Waals surface area (Å²) in [4.78, 5) is 158. The van der Waals surface area contributed by atoms with Gasteiger partial charge in [0.1, 0.15) is 111 Å². The molecular formula is C73H91Br2ClN20O11. The Hall–Kier alpha value is -10.0. The summed E-state index contributed by atoms with van der Waals surface area (Å²) in [6.07, 6.45) is 27.2. The Balaban J connectivity index is 0.000000156. The zero-order valence-corrected chi connectivity index (χ0v) is 63.3. The predicted octanol–water partition coefficient (Wildman–Crippen LogP) is 9.84. The van der Waals surface area contributed by atoms with Crippen LogP contribution in [0.1, 0.15) is 226 Å². The third-order valence-corrected chi connectivity index (χ3v) is 21.1. The zero-order chi connectivity index (χ0) is 75.1. The number of nitrogens with one attached hydrogen (secondary N) is 8. The van der Waals surface area contributed by atoms with Gasteiger partial charge in [-0.1, -0.05) is 33.1 Å². The lowest BCUT2D eigenvalue weighted by Crippen LogP contribution is -2.48. The number of primary amides is 1. The molecule has 9 aliphatic rings. The highest BCUT2D eigenvalue weighted by atomic mass is 79.9. The van der Waals surface area contributed by atoms with E-state index in [4.69, 9.17) is 17.2 Å². The number of aryl methyl sites for hydroxylation is 4. The van der Waals surface area contributed by atoms with Gasteiger partial charge in [0.05, 0.1) is 8.95 Å². The first-order valence-electron chi connectivity index (χ1n) is 35.5. The normalized spacial score (nSPS) is 17.6. The van der Waals surface area contributed by atoms with Crippen LogP contribution in [0, 0.1) is 39.5 Å². The molecule has 6 amide bonds. The number of nitrogens with zero attached hydrogens (tertiary/aromatic N) is 9. The van der Waals surface area contributed by atoms with Crippen LogP contribution in [0.2, 0.25) is 0 Å². The second kappa shape index (κ2) is 34.7. The Bertz CT molecular complexity index is 4820. The summed E-state index contributed by atoms with van der Waals surface area (Å²) >= 11 is 6.33. The lowest BCUT2D eigenvalue weighted by molar-refractivity contribution is -0.120. The van der Waals surface area contributed by atoms with Gasteiger partial charge in [0.2, 0.25) is 11.8 Å². The quantitative estimate of drug-likeness (QED) is 0.0640. The Morgan fingerprint density at radius 3 is 1.19 bits per heavy atom. The van der Waals surface area contributed by atoms with E-state index in [1.807, 2.05) is 20.8 Å². The highest BCUT2D eigenvalue weighted by molar-refractivity contribution is 9.10. The van der Waals surface area contributed by atoms with Crippen LogP contribution in [-0.4, -0.2) is 89.8 Å². The van der Waals surface area contributed by atoms with Crippen LogP contribution < -0.4 is 76.7 Å². The molecule has 16 rings (SSSR count). The van der Waals surface area contributed by atoms with Crippen LogP contribution in [-0.2, 0) is 31.4 Å². The molecule has 570 valence electrons. The summed E-state index contributed by atoms with van der Waals surface area (Å²) in [5.41, 5.74) is 18.7. The van der Waals surface area contributed by atoms with Gasteiger partial charge in [0, 0.05) is 42.9 Å². The minimum Gasteiger partial charge on any atom is -0.384 e. The number of fused-ring (bicyclic) bond motifs is 6. The second-order valence-corrected chi connectivity index (χ2v) is 29.7. The molecule has 0 bridgehead atoms. The Morgan fingerprint density at radius 2 is 0.804 bits per heavy atom. The van der Waals surface area contributed by atoms with Gasteiger partial charge in [-0.15, -0.1) is 12.4 Å². The second-order valence-electron chi connectivity index (χ2n) is 28.0. The van der Waals surface area contributed by atoms with E-state index in [2.05, 4.69) is 104 Å². The first-order chi connectivity index (χ1) is 50.2. The van der Waals surface area contributed by atoms with E-state index in [0.29, 0.717) is 83.7 Å². The molecule has 34 heteroatoms. The van der Waals surface area contributed by atoms with E-state index in [1.165, 1.54) is 31.8 Å². The Kier molecular flexibility index (Phi) is 26.3. The number of nitrogen functional groups attached to an aromatic ring is 2. The SMILES string of the molecule is C.Cc1cc(Br)c(=O)[nH]c1C(N)=O.Cc1cc(Br)c(=O)n2c1C(=O)NC21CCCCC1.Cc1cc(Nc2cc(N)ncn2)c(=O)n2c1C(=O)NC21CCCCC1.Cc1cc(Nc2cc(NC(=O)C3CC3)ncn2)c(=O)n2c1C(=O)NC21CCCCC1.Cl.Nc1cc(NC(=O)C2CC2)ncn1.O=C1CCCCC1. The number of hydrogen-bond donors (Lipinski definition) is 11. The molecule has 0 atom stereocenters. The first kappa shape index (κ1) is 81.1. The van der Waals surface area contributed by atoms with E-state index in [0.717, 1.165) is 158 Å². The van der Waals surface area contributed by atoms with E-state index >= 15 is 0 Å². The van der Waals surface area contributed by atoms with Crippen molar-refractivity contribution >= 4 is 132 Å². The molecule has 7 aromatic heterocycles. The summed E-state index contributed by atoms with van der Waals surface area (Å²) in [7, 11) is 0. The number of rotatable bonds is 9. The maximum absolute atomic E-state index is 13.4. The number of amides is 6. The van der Waals surface area contributed by atoms with Crippen LogP contribution in [0.4, 0.5) is 46.3 Å². The van der Waals surface area contributed by atoms with E-state index < -0.39 is 22.9 Å². The first-order valence-corrected chi connectivity index (χ1v) is 37.1. The van der Waals surface area contributed by atoms with Crippen LogP contribution in [0.3, 0.4) is 0 Å². The average molecular weight is 1620 g/mol. The fraction of sp³-hybridized carbons (Fsp3) is 0.466. The van der Waals surface area contributed by atoms with Crippen molar-refractivity contribution < 1.29 is 33.6 Å². The Labute approximate surface area is 639 Å². The molecule has 6 aliphatic carbocycles. The van der Waals surface area contributed by atoms with Crippen molar-refractivity contribution in [3.63, 3.8) is 0 Å². The monoisotopic (exact) mass is 1620 g/mol. The molecule has 0 aromatic carbocycles. The number of pyridine rings is 4. The summed E-state index contributed by atoms with van der Waals surface area (Å²) in [6, 6.07) is 11.4. The largest absolute Gasteiger partial charge is 0.384 e. The van der Waals surface area contributed by atoms with Crippen LogP contribution in [0.5, 0.6) is 0 Å². The van der Waals surface area contributed by atoms with Crippen molar-refractivity contribution in [1.29, 1.82) is 0 Å². The average Bonchev–Trinajstić information content (AvgIpc) is 1.60. The number of carbonyl (C=O) groups excluding carboxylic acids is 7. The zero-order valence-electron chi connectivity index (χ0n) is 59.3. The van der Waals surface area contributed by atoms with Gasteiger partial charge >= 0.3 is 0 Å². The molecule has 107 heavy (non-hydrogen) atoms. The van der Waals surface area contributed by atoms with Crippen molar-refractivity contribution in [3.8, 4) is 0 Å². The lowest BCUT2D eigenvalue weighted by atomic mass is 9.89. The molecule has 0 saturated heterocycles. The number of anilines is 8. The standard InChI is InChI=1S/C21H24N6O3.C17H20N6O2.C13H15BrN2O2.C8H10N4O.C7H7BrN2O2.C6H10O.CH4.ClH/c1-12-9-14(24-15-10-16(23-11-22-15)25-18(28)13-5-6-13)20(30)27-17(12)19(29)26-21(27)7-3-2-4-8-21;1-10-7-11(21-13-8-12(18)19-9-20-13)16(25)23-14(10)15(24)22-17(23)5-3-2-4-6-17;1-8-7-9(14)12(18)16-10(8)11(17)15-13(16)5-3-2-4-6-13;9-6-3-7(11-4-10-6)12-8(13)5-1-2-5;1-3-2-4(8)7(12)10-5(3)6(9)11;7-6-4-2-1-3-5-6;;/h9-11,13H,2-8H2,1H3,(H,26,29)(H2,22,23,24,25,28);7-9H,2-6H2,1H3,(H,22,24)(H3,18,19,20,21);7H,2-6H2,1H3,(H,15,17);3-5H,1-2H2,(H3,9,10,11,12,13);2H,1H3,(H2,9,11)(H,10,12);1-5H2;1H4;1H. The molecule has 31 nitrogen and oxygen atoms in total. The minimum absolute atomic E-state index is 0. The number of H-pyrrole nitrogens is 1. The van der Waals surface area contributed by atoms with Crippen LogP contribution in [0.15, 0.2) is 89.6 Å². The molecule has 3 aliphatic heterocycles. The van der Waals surface area contributed by atoms with Crippen molar-refractivity contribution in [1.82, 2.24) is 64.5 Å². The summed E-state index contributed by atoms with van der Waals surface area (Å²) in [5, 5.41) is 20.7. The van der Waals surface area contributed by atoms with Gasteiger partial charge in [0.15, 0.2) is 0 Å². The summed E-state index contributed by atoms with van der Waals surface area (Å²) in [6.45, 7) is 7.24. The van der Waals surface area contributed by atoms with E-state index in [1.54, 1.807) is 63.1 Å². The molecular weight excluding hydrogens is 1530 g/mol. The van der Waals surface area contributed by atoms with E-state index in [-0.39, 0.29) is 89.1 Å². The smallest absolute Gasteiger partial charge is 0.276 e. The third-order valence-electron chi connectivity index (χ3n) is 20.0. The number of nitrogens with two attached hydrogens (primary N) is 3. The van der Waals surface area contributed by atoms with Gasteiger partial charge in [-0.05, 0) is 222 Å².